The lowest BCUT2D eigenvalue weighted by Gasteiger charge is -2.34. The molecule has 0 N–H and O–H groups in total. The first-order valence-corrected chi connectivity index (χ1v) is 20.2. The Bertz CT molecular complexity index is 3590. The minimum Gasteiger partial charge on any atom is -0.454 e. The zero-order valence-corrected chi connectivity index (χ0v) is 31.8. The highest BCUT2D eigenvalue weighted by Crippen LogP contribution is 2.57. The van der Waals surface area contributed by atoms with Gasteiger partial charge in [0.25, 0.3) is 0 Å². The highest BCUT2D eigenvalue weighted by Gasteiger charge is 2.46. The van der Waals surface area contributed by atoms with E-state index in [0.29, 0.717) is 0 Å². The molecule has 1 spiro atoms. The number of allylic oxidation sites excluding steroid dienone is 4. The van der Waals surface area contributed by atoms with Crippen LogP contribution in [-0.2, 0) is 5.41 Å². The van der Waals surface area contributed by atoms with Gasteiger partial charge in [-0.25, -0.2) is 0 Å². The molecule has 0 saturated heterocycles. The van der Waals surface area contributed by atoms with Crippen molar-refractivity contribution in [3.63, 3.8) is 0 Å². The van der Waals surface area contributed by atoms with E-state index in [0.717, 1.165) is 39.0 Å². The largest absolute Gasteiger partial charge is 0.454 e. The Labute approximate surface area is 335 Å². The summed E-state index contributed by atoms with van der Waals surface area (Å²) in [5.74, 6) is 0. The molecule has 9 aromatic carbocycles. The summed E-state index contributed by atoms with van der Waals surface area (Å²) in [6.45, 7) is 2.14. The monoisotopic (exact) mass is 737 g/mol. The van der Waals surface area contributed by atoms with Crippen molar-refractivity contribution in [1.29, 1.82) is 0 Å². The van der Waals surface area contributed by atoms with Gasteiger partial charge in [-0.15, -0.1) is 0 Å². The standard InChI is InChI=1S/C56H35NO/c1-34-23-25-37(26-24-34)57(52-21-10-18-45-44-17-6-9-22-53(44)58-55(45)52)38-27-28-41-48(32-38)40-14-3-2-13-39(40)47-31-36-30-35-12-11-29-56(54(35)46(36)33-49(41)47)50-19-7-4-15-42(50)43-16-5-8-20-51(43)56/h2-33H,1H3. The molecule has 3 aliphatic carbocycles. The lowest BCUT2D eigenvalue weighted by atomic mass is 9.67. The first-order valence-electron chi connectivity index (χ1n) is 20.2. The maximum Gasteiger partial charge on any atom is 0.159 e. The van der Waals surface area contributed by atoms with Gasteiger partial charge in [0.2, 0.25) is 0 Å². The molecule has 3 aliphatic rings. The highest BCUT2D eigenvalue weighted by atomic mass is 16.3. The molecule has 0 saturated carbocycles. The molecule has 0 atom stereocenters. The second kappa shape index (κ2) is 11.6. The van der Waals surface area contributed by atoms with Gasteiger partial charge < -0.3 is 9.32 Å². The van der Waals surface area contributed by atoms with Gasteiger partial charge in [0.15, 0.2) is 5.58 Å². The van der Waals surface area contributed by atoms with Gasteiger partial charge in [0.1, 0.15) is 5.58 Å². The number of fused-ring (bicyclic) bond motifs is 17. The Kier molecular flexibility index (Phi) is 6.33. The molecule has 10 aromatic rings. The van der Waals surface area contributed by atoms with E-state index < -0.39 is 0 Å². The quantitative estimate of drug-likeness (QED) is 0.168. The smallest absolute Gasteiger partial charge is 0.159 e. The molecule has 2 nitrogen and oxygen atoms in total. The van der Waals surface area contributed by atoms with E-state index in [4.69, 9.17) is 4.42 Å². The number of anilines is 3. The average molecular weight is 738 g/mol. The molecule has 58 heavy (non-hydrogen) atoms. The van der Waals surface area contributed by atoms with Crippen molar-refractivity contribution in [3.8, 4) is 11.1 Å². The Morgan fingerprint density at radius 1 is 0.500 bits per heavy atom. The van der Waals surface area contributed by atoms with Crippen molar-refractivity contribution in [2.75, 3.05) is 4.90 Å². The van der Waals surface area contributed by atoms with Gasteiger partial charge in [-0.2, -0.15) is 0 Å². The number of furan rings is 1. The highest BCUT2D eigenvalue weighted by molar-refractivity contribution is 6.26. The second-order valence-corrected chi connectivity index (χ2v) is 16.1. The molecule has 0 fully saturated rings. The van der Waals surface area contributed by atoms with Crippen molar-refractivity contribution < 1.29 is 4.42 Å². The molecule has 0 unspecified atom stereocenters. The summed E-state index contributed by atoms with van der Waals surface area (Å²) < 4.78 is 6.66. The summed E-state index contributed by atoms with van der Waals surface area (Å²) in [6.07, 6.45) is 9.44. The number of rotatable bonds is 3. The summed E-state index contributed by atoms with van der Waals surface area (Å²) in [5, 5.41) is 12.4. The summed E-state index contributed by atoms with van der Waals surface area (Å²) in [6, 6.07) is 62.6. The van der Waals surface area contributed by atoms with Crippen molar-refractivity contribution in [3.05, 3.63) is 221 Å². The molecule has 13 rings (SSSR count). The summed E-state index contributed by atoms with van der Waals surface area (Å²) in [4.78, 5) is 2.36. The van der Waals surface area contributed by atoms with Crippen LogP contribution in [0.25, 0.3) is 77.0 Å². The summed E-state index contributed by atoms with van der Waals surface area (Å²) >= 11 is 0. The Balaban J connectivity index is 1.10. The average Bonchev–Trinajstić information content (AvgIpc) is 3.93. The van der Waals surface area contributed by atoms with E-state index in [1.54, 1.807) is 0 Å². The Morgan fingerprint density at radius 3 is 1.90 bits per heavy atom. The first-order chi connectivity index (χ1) is 28.7. The third-order valence-electron chi connectivity index (χ3n) is 13.0. The molecule has 0 radical (unpaired) electrons. The fraction of sp³-hybridized carbons (Fsp3) is 0.0357. The summed E-state index contributed by atoms with van der Waals surface area (Å²) in [7, 11) is 0. The summed E-state index contributed by atoms with van der Waals surface area (Å²) in [5.41, 5.74) is 13.9. The van der Waals surface area contributed by atoms with Crippen LogP contribution >= 0.6 is 0 Å². The second-order valence-electron chi connectivity index (χ2n) is 16.1. The van der Waals surface area contributed by atoms with Gasteiger partial charge in [-0.3, -0.25) is 0 Å². The van der Waals surface area contributed by atoms with Gasteiger partial charge in [0.05, 0.1) is 11.1 Å². The minimum absolute atomic E-state index is 0.362. The predicted molar refractivity (Wildman–Crippen MR) is 243 cm³/mol. The third-order valence-corrected chi connectivity index (χ3v) is 13.0. The topological polar surface area (TPSA) is 16.4 Å². The first kappa shape index (κ1) is 31.7. The predicted octanol–water partition coefficient (Wildman–Crippen LogP) is 13.2. The van der Waals surface area contributed by atoms with E-state index in [1.807, 2.05) is 6.07 Å². The van der Waals surface area contributed by atoms with E-state index in [2.05, 4.69) is 200 Å². The molecule has 0 bridgehead atoms. The van der Waals surface area contributed by atoms with Crippen LogP contribution in [-0.4, -0.2) is 0 Å². The van der Waals surface area contributed by atoms with Crippen LogP contribution in [0.3, 0.4) is 0 Å². The van der Waals surface area contributed by atoms with Crippen molar-refractivity contribution >= 4 is 83.0 Å². The molecule has 1 heterocycles. The fourth-order valence-corrected chi connectivity index (χ4v) is 10.6. The van der Waals surface area contributed by atoms with Gasteiger partial charge in [-0.05, 0) is 138 Å². The van der Waals surface area contributed by atoms with Crippen molar-refractivity contribution in [1.82, 2.24) is 0 Å². The molecule has 2 heteroatoms. The Hall–Kier alpha value is -7.42. The van der Waals surface area contributed by atoms with Crippen molar-refractivity contribution in [2.45, 2.75) is 12.3 Å². The molecular formula is C56H35NO. The normalized spacial score (nSPS) is 14.6. The number of hydrogen-bond donors (Lipinski definition) is 0. The van der Waals surface area contributed by atoms with Gasteiger partial charge in [0, 0.05) is 22.1 Å². The molecule has 0 aliphatic heterocycles. The fourth-order valence-electron chi connectivity index (χ4n) is 10.6. The van der Waals surface area contributed by atoms with Crippen LogP contribution in [0.5, 0.6) is 0 Å². The number of hydrogen-bond acceptors (Lipinski definition) is 2. The molecule has 270 valence electrons. The third kappa shape index (κ3) is 4.16. The lowest BCUT2D eigenvalue weighted by molar-refractivity contribution is 0.669. The Morgan fingerprint density at radius 2 is 1.12 bits per heavy atom. The SMILES string of the molecule is Cc1ccc(N(c2ccc3c(c2)c2ccccc2c2cc4c(cc32)=C2C(=CC=CC23c2ccccc2-c2ccccc23)C=4)c2cccc3c2oc2ccccc23)cc1. The van der Waals surface area contributed by atoms with E-state index >= 15 is 0 Å². The number of para-hydroxylation sites is 2. The van der Waals surface area contributed by atoms with Crippen LogP contribution in [0.2, 0.25) is 0 Å². The van der Waals surface area contributed by atoms with Crippen LogP contribution < -0.4 is 15.3 Å². The maximum atomic E-state index is 6.66. The van der Waals surface area contributed by atoms with Gasteiger partial charge in [-0.1, -0.05) is 145 Å². The van der Waals surface area contributed by atoms with Crippen molar-refractivity contribution in [2.24, 2.45) is 0 Å². The zero-order chi connectivity index (χ0) is 38.1. The van der Waals surface area contributed by atoms with Crippen LogP contribution in [0.1, 0.15) is 16.7 Å². The number of nitrogens with zero attached hydrogens (tertiary/aromatic N) is 1. The minimum atomic E-state index is -0.362. The zero-order valence-electron chi connectivity index (χ0n) is 31.8. The number of benzene rings is 9. The van der Waals surface area contributed by atoms with Crippen LogP contribution in [0.4, 0.5) is 17.1 Å². The van der Waals surface area contributed by atoms with E-state index in [9.17, 15) is 0 Å². The molecule has 1 aromatic heterocycles. The maximum absolute atomic E-state index is 6.66. The van der Waals surface area contributed by atoms with E-state index in [-0.39, 0.29) is 5.41 Å². The van der Waals surface area contributed by atoms with Crippen LogP contribution in [0, 0.1) is 6.92 Å². The molecular weight excluding hydrogens is 703 g/mol. The molecule has 0 amide bonds. The van der Waals surface area contributed by atoms with Crippen LogP contribution in [0.15, 0.2) is 198 Å². The van der Waals surface area contributed by atoms with E-state index in [1.165, 1.54) is 81.7 Å². The van der Waals surface area contributed by atoms with Gasteiger partial charge >= 0.3 is 0 Å². The number of aryl methyl sites for hydroxylation is 1. The lowest BCUT2D eigenvalue weighted by Crippen LogP contribution is -2.33.